The smallest absolute Gasteiger partial charge is 0.0846 e. The van der Waals surface area contributed by atoms with Gasteiger partial charge in [0.15, 0.2) is 0 Å². The zero-order valence-corrected chi connectivity index (χ0v) is 19.5. The van der Waals surface area contributed by atoms with Crippen molar-refractivity contribution < 1.29 is 0 Å². The van der Waals surface area contributed by atoms with Gasteiger partial charge in [-0.15, -0.1) is 0 Å². The first-order chi connectivity index (χ1) is 14.1. The van der Waals surface area contributed by atoms with E-state index in [1.54, 1.807) is 4.42 Å². The molecule has 29 heavy (non-hydrogen) atoms. The minimum Gasteiger partial charge on any atom is -0.330 e. The number of rotatable bonds is 12. The van der Waals surface area contributed by atoms with Crippen LogP contribution in [0.25, 0.3) is 0 Å². The second kappa shape index (κ2) is 17.0. The maximum absolute atomic E-state index is 6.04. The third kappa shape index (κ3) is 12.6. The van der Waals surface area contributed by atoms with Crippen molar-refractivity contribution >= 4 is 11.8 Å². The second-order valence-electron chi connectivity index (χ2n) is 7.86. The summed E-state index contributed by atoms with van der Waals surface area (Å²) in [6, 6.07) is 10.8. The summed E-state index contributed by atoms with van der Waals surface area (Å²) in [4.78, 5) is 4.90. The van der Waals surface area contributed by atoms with Crippen molar-refractivity contribution in [1.82, 2.24) is 14.2 Å². The average Bonchev–Trinajstić information content (AvgIpc) is 2.77. The Balaban J connectivity index is 0.000000290. The lowest BCUT2D eigenvalue weighted by Crippen LogP contribution is -2.46. The monoisotopic (exact) mass is 425 g/mol. The molecule has 0 spiro atoms. The minimum atomic E-state index is -0.107. The van der Waals surface area contributed by atoms with Crippen molar-refractivity contribution in [2.75, 3.05) is 52.4 Å². The van der Waals surface area contributed by atoms with Gasteiger partial charge >= 0.3 is 0 Å². The molecule has 0 bridgehead atoms. The molecular weight excluding hydrogens is 382 g/mol. The summed E-state index contributed by atoms with van der Waals surface area (Å²) in [5.74, 6) is 0. The fourth-order valence-corrected chi connectivity index (χ4v) is 3.75. The van der Waals surface area contributed by atoms with Crippen LogP contribution in [-0.4, -0.2) is 72.7 Å². The molecule has 1 unspecified atom stereocenters. The number of nitrogens with zero attached hydrogens (tertiary/aromatic N) is 3. The number of nitrogens with two attached hydrogens (primary N) is 2. The predicted molar refractivity (Wildman–Crippen MR) is 127 cm³/mol. The first kappa shape index (κ1) is 26.3. The van der Waals surface area contributed by atoms with Gasteiger partial charge in [0.05, 0.1) is 6.17 Å². The normalized spacial score (nSPS) is 16.0. The molecule has 1 heterocycles. The summed E-state index contributed by atoms with van der Waals surface area (Å²) in [6.07, 6.45) is 7.36. The van der Waals surface area contributed by atoms with E-state index < -0.39 is 0 Å². The predicted octanol–water partition coefficient (Wildman–Crippen LogP) is 3.52. The Hall–Kier alpha value is -0.690. The van der Waals surface area contributed by atoms with Crippen LogP contribution in [0.5, 0.6) is 0 Å². The van der Waals surface area contributed by atoms with E-state index in [2.05, 4.69) is 54.0 Å². The summed E-state index contributed by atoms with van der Waals surface area (Å²) < 4.78 is 1.66. The van der Waals surface area contributed by atoms with Crippen molar-refractivity contribution in [1.29, 1.82) is 0 Å². The summed E-state index contributed by atoms with van der Waals surface area (Å²) >= 11 is 6.04. The third-order valence-corrected chi connectivity index (χ3v) is 5.80. The fourth-order valence-electron chi connectivity index (χ4n) is 3.57. The van der Waals surface area contributed by atoms with Crippen molar-refractivity contribution in [3.05, 3.63) is 35.9 Å². The Morgan fingerprint density at radius 2 is 1.76 bits per heavy atom. The van der Waals surface area contributed by atoms with Gasteiger partial charge < -0.3 is 21.3 Å². The van der Waals surface area contributed by atoms with Gasteiger partial charge in [0.2, 0.25) is 0 Å². The molecule has 1 aromatic carbocycles. The number of hydrogen-bond donors (Lipinski definition) is 2. The Morgan fingerprint density at radius 3 is 2.34 bits per heavy atom. The van der Waals surface area contributed by atoms with E-state index >= 15 is 0 Å². The standard InChI is InChI=1S/C13H19N.C10H25ClN4/c1-3-7-13(8-4-1)9-12-14-10-5-2-6-11-14;1-3-7-14(4-2)9-10(13)15(11)8-5-6-12/h1,3-4,7-8H,2,5-6,9-12H2;10H,3-9,12-13H2,1-2H3. The van der Waals surface area contributed by atoms with Gasteiger partial charge in [-0.2, -0.15) is 0 Å². The second-order valence-corrected chi connectivity index (χ2v) is 8.30. The van der Waals surface area contributed by atoms with Crippen LogP contribution in [0.1, 0.15) is 51.5 Å². The largest absolute Gasteiger partial charge is 0.330 e. The minimum absolute atomic E-state index is 0.107. The SMILES string of the molecule is CCCN(CC)CC(N)N(Cl)CCCN.c1ccc(CCN2CCCCC2)cc1. The Morgan fingerprint density at radius 1 is 1.07 bits per heavy atom. The molecule has 1 aliphatic heterocycles. The van der Waals surface area contributed by atoms with Crippen LogP contribution < -0.4 is 11.5 Å². The summed E-state index contributed by atoms with van der Waals surface area (Å²) in [5, 5.41) is 0. The molecule has 1 atom stereocenters. The lowest BCUT2D eigenvalue weighted by atomic mass is 10.1. The van der Waals surface area contributed by atoms with E-state index in [0.717, 1.165) is 39.0 Å². The Labute approximate surface area is 184 Å². The average molecular weight is 426 g/mol. The van der Waals surface area contributed by atoms with Crippen LogP contribution in [0.4, 0.5) is 0 Å². The highest BCUT2D eigenvalue weighted by molar-refractivity contribution is 6.13. The molecule has 5 nitrogen and oxygen atoms in total. The Bertz CT molecular complexity index is 481. The van der Waals surface area contributed by atoms with Gasteiger partial charge in [-0.05, 0) is 82.2 Å². The zero-order valence-electron chi connectivity index (χ0n) is 18.7. The van der Waals surface area contributed by atoms with Gasteiger partial charge in [0.25, 0.3) is 0 Å². The maximum atomic E-state index is 6.04. The molecule has 2 rings (SSSR count). The van der Waals surface area contributed by atoms with E-state index in [1.165, 1.54) is 50.9 Å². The molecule has 6 heteroatoms. The molecule has 1 aliphatic rings. The lowest BCUT2D eigenvalue weighted by molar-refractivity contribution is 0.211. The molecule has 0 saturated carbocycles. The van der Waals surface area contributed by atoms with Crippen molar-refractivity contribution in [2.24, 2.45) is 11.5 Å². The number of likely N-dealkylation sites (tertiary alicyclic amines) is 1. The first-order valence-corrected chi connectivity index (χ1v) is 11.8. The highest BCUT2D eigenvalue weighted by Gasteiger charge is 2.14. The van der Waals surface area contributed by atoms with E-state index in [1.807, 2.05) is 0 Å². The van der Waals surface area contributed by atoms with E-state index in [9.17, 15) is 0 Å². The lowest BCUT2D eigenvalue weighted by Gasteiger charge is -2.28. The van der Waals surface area contributed by atoms with Gasteiger partial charge in [-0.3, -0.25) is 0 Å². The highest BCUT2D eigenvalue weighted by Crippen LogP contribution is 2.09. The Kier molecular flexibility index (Phi) is 15.5. The molecule has 1 aromatic rings. The number of hydrogen-bond acceptors (Lipinski definition) is 5. The van der Waals surface area contributed by atoms with Crippen molar-refractivity contribution in [3.8, 4) is 0 Å². The van der Waals surface area contributed by atoms with E-state index in [0.29, 0.717) is 6.54 Å². The number of benzene rings is 1. The van der Waals surface area contributed by atoms with Crippen LogP contribution in [0.2, 0.25) is 0 Å². The third-order valence-electron chi connectivity index (χ3n) is 5.38. The topological polar surface area (TPSA) is 61.8 Å². The number of halogens is 1. The first-order valence-electron chi connectivity index (χ1n) is 11.5. The van der Waals surface area contributed by atoms with Crippen molar-refractivity contribution in [3.63, 3.8) is 0 Å². The molecule has 4 N–H and O–H groups in total. The molecule has 168 valence electrons. The van der Waals surface area contributed by atoms with Crippen molar-refractivity contribution in [2.45, 2.75) is 58.5 Å². The summed E-state index contributed by atoms with van der Waals surface area (Å²) in [7, 11) is 0. The highest BCUT2D eigenvalue weighted by atomic mass is 35.5. The van der Waals surface area contributed by atoms with Crippen LogP contribution in [0.3, 0.4) is 0 Å². The fraction of sp³-hybridized carbons (Fsp3) is 0.739. The molecule has 1 saturated heterocycles. The molecular formula is C23H44ClN5. The quantitative estimate of drug-likeness (QED) is 0.396. The van der Waals surface area contributed by atoms with Crippen LogP contribution in [0, 0.1) is 0 Å². The molecule has 1 fully saturated rings. The summed E-state index contributed by atoms with van der Waals surface area (Å²) in [5.41, 5.74) is 12.9. The molecule has 0 aromatic heterocycles. The molecule has 0 amide bonds. The van der Waals surface area contributed by atoms with Gasteiger partial charge in [0.1, 0.15) is 0 Å². The van der Waals surface area contributed by atoms with Crippen LogP contribution in [-0.2, 0) is 6.42 Å². The summed E-state index contributed by atoms with van der Waals surface area (Å²) in [6.45, 7) is 12.5. The number of likely N-dealkylation sites (N-methyl/N-ethyl adjacent to an activating group) is 1. The number of piperidine rings is 1. The van der Waals surface area contributed by atoms with Crippen LogP contribution >= 0.6 is 11.8 Å². The molecule has 0 aliphatic carbocycles. The van der Waals surface area contributed by atoms with E-state index in [4.69, 9.17) is 23.2 Å². The van der Waals surface area contributed by atoms with Gasteiger partial charge in [-0.25, -0.2) is 4.42 Å². The van der Waals surface area contributed by atoms with E-state index in [-0.39, 0.29) is 6.17 Å². The van der Waals surface area contributed by atoms with Crippen LogP contribution in [0.15, 0.2) is 30.3 Å². The molecule has 0 radical (unpaired) electrons. The van der Waals surface area contributed by atoms with Gasteiger partial charge in [0, 0.05) is 19.6 Å². The van der Waals surface area contributed by atoms with Gasteiger partial charge in [-0.1, -0.05) is 50.6 Å². The zero-order chi connectivity index (χ0) is 21.3. The maximum Gasteiger partial charge on any atom is 0.0846 e.